The topological polar surface area (TPSA) is 167 Å². The first kappa shape index (κ1) is 26.0. The number of halogens is 2. The first-order chi connectivity index (χ1) is 16.9. The number of phenolic OH excluding ortho intramolecular Hbond substituents is 1. The number of primary amides is 1. The number of carbonyl (C=O) groups is 5. The van der Waals surface area contributed by atoms with E-state index in [2.05, 4.69) is 5.32 Å². The third-order valence-electron chi connectivity index (χ3n) is 7.66. The second-order valence-corrected chi connectivity index (χ2v) is 9.88. The summed E-state index contributed by atoms with van der Waals surface area (Å²) in [5.41, 5.74) is 1.89. The van der Waals surface area contributed by atoms with E-state index >= 15 is 4.39 Å². The van der Waals surface area contributed by atoms with E-state index in [-0.39, 0.29) is 37.1 Å². The summed E-state index contributed by atoms with van der Waals surface area (Å²) in [6, 6.07) is -0.223. The number of phenols is 1. The van der Waals surface area contributed by atoms with E-state index in [9.17, 15) is 38.6 Å². The predicted molar refractivity (Wildman–Crippen MR) is 119 cm³/mol. The number of carbonyl (C=O) groups excluding carboxylic acids is 5. The van der Waals surface area contributed by atoms with E-state index in [1.807, 2.05) is 0 Å². The largest absolute Gasteiger partial charge is 0.507 e. The number of alkyl halides is 1. The number of aliphatic hydroxyl groups is 1. The number of benzene rings is 1. The van der Waals surface area contributed by atoms with Crippen molar-refractivity contribution in [2.24, 2.45) is 29.4 Å². The highest BCUT2D eigenvalue weighted by Gasteiger charge is 2.69. The van der Waals surface area contributed by atoms with Crippen LogP contribution in [0.25, 0.3) is 0 Å². The number of hydrogen-bond donors (Lipinski definition) is 4. The minimum atomic E-state index is -2.83. The van der Waals surface area contributed by atoms with E-state index in [4.69, 9.17) is 5.73 Å². The molecule has 1 aromatic rings. The molecule has 2 fully saturated rings. The Kier molecular flexibility index (Phi) is 6.56. The molecule has 0 saturated heterocycles. The van der Waals surface area contributed by atoms with Crippen molar-refractivity contribution in [2.75, 3.05) is 27.3 Å². The maximum absolute atomic E-state index is 15.4. The number of fused-ring (bicyclic) bond motifs is 3. The fourth-order valence-corrected chi connectivity index (χ4v) is 6.13. The van der Waals surface area contributed by atoms with Gasteiger partial charge in [-0.15, -0.1) is 0 Å². The van der Waals surface area contributed by atoms with Crippen molar-refractivity contribution in [1.29, 1.82) is 0 Å². The Morgan fingerprint density at radius 2 is 1.92 bits per heavy atom. The van der Waals surface area contributed by atoms with E-state index in [1.165, 1.54) is 19.0 Å². The molecule has 4 rings (SSSR count). The van der Waals surface area contributed by atoms with Gasteiger partial charge >= 0.3 is 0 Å². The predicted octanol–water partition coefficient (Wildman–Crippen LogP) is -0.935. The van der Waals surface area contributed by atoms with Gasteiger partial charge in [-0.1, -0.05) is 0 Å². The molecular weight excluding hydrogens is 480 g/mol. The van der Waals surface area contributed by atoms with E-state index in [1.54, 1.807) is 0 Å². The minimum absolute atomic E-state index is 0.00285. The van der Waals surface area contributed by atoms with E-state index in [0.29, 0.717) is 0 Å². The average molecular weight is 507 g/mol. The minimum Gasteiger partial charge on any atom is -0.507 e. The van der Waals surface area contributed by atoms with Gasteiger partial charge in [0.25, 0.3) is 0 Å². The number of ketones is 4. The lowest BCUT2D eigenvalue weighted by Gasteiger charge is -2.52. The van der Waals surface area contributed by atoms with E-state index < -0.39 is 88.2 Å². The average Bonchev–Trinajstić information content (AvgIpc) is 2.79. The summed E-state index contributed by atoms with van der Waals surface area (Å²) in [4.78, 5) is 66.6. The molecule has 1 aromatic carbocycles. The van der Waals surface area contributed by atoms with Crippen LogP contribution in [0.1, 0.15) is 27.9 Å². The van der Waals surface area contributed by atoms with Gasteiger partial charge in [-0.05, 0) is 38.9 Å². The molecule has 6 atom stereocenters. The van der Waals surface area contributed by atoms with Crippen LogP contribution >= 0.6 is 0 Å². The molecule has 5 N–H and O–H groups in total. The van der Waals surface area contributed by atoms with Crippen molar-refractivity contribution in [2.45, 2.75) is 31.0 Å². The molecule has 0 radical (unpaired) electrons. The zero-order valence-electron chi connectivity index (χ0n) is 19.7. The van der Waals surface area contributed by atoms with Crippen LogP contribution in [-0.2, 0) is 32.1 Å². The number of hydrogen-bond acceptors (Lipinski definition) is 9. The number of nitrogens with one attached hydrogen (secondary N) is 1. The molecule has 194 valence electrons. The summed E-state index contributed by atoms with van der Waals surface area (Å²) in [6.45, 7) is -0.843. The van der Waals surface area contributed by atoms with Crippen LogP contribution in [0, 0.1) is 29.5 Å². The number of amides is 1. The van der Waals surface area contributed by atoms with Crippen LogP contribution in [0.3, 0.4) is 0 Å². The molecule has 2 unspecified atom stereocenters. The van der Waals surface area contributed by atoms with Crippen LogP contribution in [0.15, 0.2) is 6.07 Å². The van der Waals surface area contributed by atoms with Crippen molar-refractivity contribution >= 4 is 29.0 Å². The molecule has 10 nitrogen and oxygen atoms in total. The number of nitrogens with two attached hydrogens (primary N) is 1. The molecule has 0 aromatic heterocycles. The summed E-state index contributed by atoms with van der Waals surface area (Å²) in [5, 5.41) is 24.7. The third kappa shape index (κ3) is 3.58. The molecule has 0 bridgehead atoms. The van der Waals surface area contributed by atoms with Gasteiger partial charge in [-0.2, -0.15) is 0 Å². The highest BCUT2D eigenvalue weighted by atomic mass is 19.1. The summed E-state index contributed by atoms with van der Waals surface area (Å²) < 4.78 is 27.8. The standard InChI is InChI=1S/C24H27F2N3O7/c1-29(2)18-12-6-9-5-11-15(13(30)7-10(17(11)26)8-28-4-3-25)19(31)14(9)21(33)24(12,36)22(34)16(20(18)32)23(27)35/h7,9,12,14,16,18,28,30,36H,3-6,8H2,1-2H3,(H2,27,35)/t9-,12-,14?,16?,18-,24-/m0/s1. The Morgan fingerprint density at radius 3 is 2.50 bits per heavy atom. The SMILES string of the molecule is CN(C)[C@@H]1C(=O)C(C(N)=O)C(=O)[C@@]2(O)C(=O)C3C(=O)c4c(O)cc(CNCCF)c(F)c4C[C@H]3C[C@@H]12. The monoisotopic (exact) mass is 507 g/mol. The highest BCUT2D eigenvalue weighted by Crippen LogP contribution is 2.51. The summed E-state index contributed by atoms with van der Waals surface area (Å²) >= 11 is 0. The van der Waals surface area contributed by atoms with Gasteiger partial charge in [0.2, 0.25) is 5.91 Å². The lowest BCUT2D eigenvalue weighted by molar-refractivity contribution is -0.181. The van der Waals surface area contributed by atoms with Gasteiger partial charge in [0.1, 0.15) is 18.2 Å². The van der Waals surface area contributed by atoms with Crippen LogP contribution in [-0.4, -0.2) is 83.1 Å². The quantitative estimate of drug-likeness (QED) is 0.281. The van der Waals surface area contributed by atoms with Gasteiger partial charge in [-0.3, -0.25) is 28.9 Å². The van der Waals surface area contributed by atoms with E-state index in [0.717, 1.165) is 6.07 Å². The van der Waals surface area contributed by atoms with Gasteiger partial charge in [0, 0.05) is 30.1 Å². The molecule has 1 amide bonds. The van der Waals surface area contributed by atoms with Crippen molar-refractivity contribution in [1.82, 2.24) is 10.2 Å². The fourth-order valence-electron chi connectivity index (χ4n) is 6.13. The molecule has 3 aliphatic carbocycles. The summed E-state index contributed by atoms with van der Waals surface area (Å²) in [6.07, 6.45) is -0.351. The number of likely N-dealkylation sites (N-methyl/N-ethyl adjacent to an activating group) is 1. The Hall–Kier alpha value is -3.09. The summed E-state index contributed by atoms with van der Waals surface area (Å²) in [5.74, 6) is -12.9. The van der Waals surface area contributed by atoms with Crippen LogP contribution < -0.4 is 11.1 Å². The molecular formula is C24H27F2N3O7. The molecule has 2 saturated carbocycles. The van der Waals surface area contributed by atoms with Crippen LogP contribution in [0.4, 0.5) is 8.78 Å². The lowest BCUT2D eigenvalue weighted by atomic mass is 9.52. The van der Waals surface area contributed by atoms with Crippen molar-refractivity contribution in [3.05, 3.63) is 28.6 Å². The van der Waals surface area contributed by atoms with Gasteiger partial charge in [-0.25, -0.2) is 8.78 Å². The molecule has 12 heteroatoms. The molecule has 0 spiro atoms. The van der Waals surface area contributed by atoms with Crippen molar-refractivity contribution < 1.29 is 43.0 Å². The Bertz CT molecular complexity index is 1190. The zero-order chi connectivity index (χ0) is 26.7. The Morgan fingerprint density at radius 1 is 1.25 bits per heavy atom. The Balaban J connectivity index is 1.81. The normalized spacial score (nSPS) is 31.8. The summed E-state index contributed by atoms with van der Waals surface area (Å²) in [7, 11) is 2.95. The number of Topliss-reactive ketones (excluding diaryl/α,β-unsaturated/α-hetero) is 4. The fraction of sp³-hybridized carbons (Fsp3) is 0.542. The van der Waals surface area contributed by atoms with Gasteiger partial charge in [0.15, 0.2) is 34.7 Å². The highest BCUT2D eigenvalue weighted by molar-refractivity contribution is 6.32. The second-order valence-electron chi connectivity index (χ2n) is 9.88. The van der Waals surface area contributed by atoms with Crippen molar-refractivity contribution in [3.8, 4) is 5.75 Å². The molecule has 3 aliphatic rings. The van der Waals surface area contributed by atoms with Gasteiger partial charge in [0.05, 0.1) is 17.5 Å². The second kappa shape index (κ2) is 9.09. The first-order valence-corrected chi connectivity index (χ1v) is 11.5. The smallest absolute Gasteiger partial charge is 0.235 e. The molecule has 0 heterocycles. The Labute approximate surface area is 204 Å². The molecule has 0 aliphatic heterocycles. The van der Waals surface area contributed by atoms with Crippen LogP contribution in [0.5, 0.6) is 5.75 Å². The first-order valence-electron chi connectivity index (χ1n) is 11.5. The number of rotatable bonds is 6. The zero-order valence-corrected chi connectivity index (χ0v) is 19.7. The van der Waals surface area contributed by atoms with Crippen molar-refractivity contribution in [3.63, 3.8) is 0 Å². The maximum Gasteiger partial charge on any atom is 0.235 e. The number of aromatic hydroxyl groups is 1. The van der Waals surface area contributed by atoms with Gasteiger partial charge < -0.3 is 21.3 Å². The third-order valence-corrected chi connectivity index (χ3v) is 7.66. The van der Waals surface area contributed by atoms with Crippen LogP contribution in [0.2, 0.25) is 0 Å². The maximum atomic E-state index is 15.4. The molecule has 36 heavy (non-hydrogen) atoms. The number of nitrogens with zero attached hydrogens (tertiary/aromatic N) is 1. The lowest BCUT2D eigenvalue weighted by Crippen LogP contribution is -2.74.